The van der Waals surface area contributed by atoms with Crippen LogP contribution >= 0.6 is 0 Å². The van der Waals surface area contributed by atoms with Gasteiger partial charge >= 0.3 is 0 Å². The molecule has 1 N–H and O–H groups in total. The predicted molar refractivity (Wildman–Crippen MR) is 42.8 cm³/mol. The molecule has 1 aliphatic rings. The van der Waals surface area contributed by atoms with Crippen molar-refractivity contribution in [2.24, 2.45) is 5.92 Å². The van der Waals surface area contributed by atoms with E-state index < -0.39 is 0 Å². The lowest BCUT2D eigenvalue weighted by Crippen LogP contribution is -2.17. The van der Waals surface area contributed by atoms with Crippen molar-refractivity contribution in [3.63, 3.8) is 0 Å². The van der Waals surface area contributed by atoms with Gasteiger partial charge < -0.3 is 5.11 Å². The lowest BCUT2D eigenvalue weighted by atomic mass is 9.89. The molecule has 0 aliphatic heterocycles. The molecule has 0 radical (unpaired) electrons. The van der Waals surface area contributed by atoms with E-state index in [2.05, 4.69) is 19.9 Å². The van der Waals surface area contributed by atoms with Crippen molar-refractivity contribution in [2.45, 2.75) is 39.2 Å². The summed E-state index contributed by atoms with van der Waals surface area (Å²) in [5.41, 5.74) is 1.24. The van der Waals surface area contributed by atoms with Crippen molar-refractivity contribution in [3.05, 3.63) is 11.6 Å². The summed E-state index contributed by atoms with van der Waals surface area (Å²) >= 11 is 0. The zero-order valence-electron chi connectivity index (χ0n) is 6.80. The van der Waals surface area contributed by atoms with Crippen LogP contribution in [0.5, 0.6) is 0 Å². The second kappa shape index (κ2) is 3.20. The van der Waals surface area contributed by atoms with Crippen LogP contribution < -0.4 is 0 Å². The highest BCUT2D eigenvalue weighted by Gasteiger charge is 2.16. The number of aliphatic hydroxyl groups is 1. The Hall–Kier alpha value is -0.300. The van der Waals surface area contributed by atoms with Crippen LogP contribution in [0, 0.1) is 5.92 Å². The first-order valence-electron chi connectivity index (χ1n) is 4.10. The van der Waals surface area contributed by atoms with Gasteiger partial charge in [0, 0.05) is 0 Å². The smallest absolute Gasteiger partial charge is 0.0752 e. The minimum absolute atomic E-state index is 0.145. The third-order valence-corrected chi connectivity index (χ3v) is 2.11. The second-order valence-electron chi connectivity index (χ2n) is 3.31. The summed E-state index contributed by atoms with van der Waals surface area (Å²) in [7, 11) is 0. The first-order chi connectivity index (χ1) is 4.72. The average molecular weight is 140 g/mol. The molecule has 0 saturated heterocycles. The van der Waals surface area contributed by atoms with Gasteiger partial charge in [-0.1, -0.05) is 19.9 Å². The molecule has 10 heavy (non-hydrogen) atoms. The molecule has 0 bridgehead atoms. The Morgan fingerprint density at radius 1 is 1.60 bits per heavy atom. The Kier molecular flexibility index (Phi) is 2.50. The quantitative estimate of drug-likeness (QED) is 0.553. The summed E-state index contributed by atoms with van der Waals surface area (Å²) in [6.45, 7) is 4.28. The molecule has 0 saturated carbocycles. The van der Waals surface area contributed by atoms with Gasteiger partial charge in [0.2, 0.25) is 0 Å². The number of aliphatic hydroxyl groups excluding tert-OH is 1. The van der Waals surface area contributed by atoms with Crippen LogP contribution in [-0.4, -0.2) is 11.2 Å². The Morgan fingerprint density at radius 2 is 2.30 bits per heavy atom. The standard InChI is InChI=1S/C9H16O/c1-7(2)8-5-3-4-6-9(8)10/h5,7,9-10H,3-4,6H2,1-2H3. The molecular weight excluding hydrogens is 124 g/mol. The van der Waals surface area contributed by atoms with E-state index in [1.807, 2.05) is 0 Å². The molecule has 0 amide bonds. The Bertz CT molecular complexity index is 136. The van der Waals surface area contributed by atoms with Crippen molar-refractivity contribution in [1.29, 1.82) is 0 Å². The third-order valence-electron chi connectivity index (χ3n) is 2.11. The fraction of sp³-hybridized carbons (Fsp3) is 0.778. The topological polar surface area (TPSA) is 20.2 Å². The molecule has 0 fully saturated rings. The molecule has 1 heteroatoms. The monoisotopic (exact) mass is 140 g/mol. The van der Waals surface area contributed by atoms with Crippen LogP contribution in [0.4, 0.5) is 0 Å². The average Bonchev–Trinajstić information content (AvgIpc) is 1.88. The van der Waals surface area contributed by atoms with E-state index in [0.717, 1.165) is 19.3 Å². The van der Waals surface area contributed by atoms with Gasteiger partial charge in [-0.25, -0.2) is 0 Å². The lowest BCUT2D eigenvalue weighted by molar-refractivity contribution is 0.180. The predicted octanol–water partition coefficient (Wildman–Crippen LogP) is 2.11. The maximum absolute atomic E-state index is 9.47. The van der Waals surface area contributed by atoms with Gasteiger partial charge in [0.05, 0.1) is 6.10 Å². The highest BCUT2D eigenvalue weighted by Crippen LogP contribution is 2.23. The van der Waals surface area contributed by atoms with Crippen molar-refractivity contribution in [3.8, 4) is 0 Å². The molecule has 1 aliphatic carbocycles. The van der Waals surface area contributed by atoms with Gasteiger partial charge in [0.1, 0.15) is 0 Å². The molecule has 1 nitrogen and oxygen atoms in total. The van der Waals surface area contributed by atoms with Crippen LogP contribution in [-0.2, 0) is 0 Å². The summed E-state index contributed by atoms with van der Waals surface area (Å²) in [4.78, 5) is 0. The molecule has 1 atom stereocenters. The van der Waals surface area contributed by atoms with Crippen molar-refractivity contribution < 1.29 is 5.11 Å². The normalized spacial score (nSPS) is 26.8. The highest BCUT2D eigenvalue weighted by molar-refractivity contribution is 5.12. The van der Waals surface area contributed by atoms with Crippen molar-refractivity contribution in [1.82, 2.24) is 0 Å². The summed E-state index contributed by atoms with van der Waals surface area (Å²) in [5, 5.41) is 9.47. The van der Waals surface area contributed by atoms with E-state index in [1.54, 1.807) is 0 Å². The minimum Gasteiger partial charge on any atom is -0.389 e. The number of hydrogen-bond acceptors (Lipinski definition) is 1. The Balaban J connectivity index is 2.61. The number of allylic oxidation sites excluding steroid dienone is 1. The van der Waals surface area contributed by atoms with Crippen LogP contribution in [0.15, 0.2) is 11.6 Å². The first kappa shape index (κ1) is 7.80. The van der Waals surface area contributed by atoms with Crippen LogP contribution in [0.2, 0.25) is 0 Å². The largest absolute Gasteiger partial charge is 0.389 e. The Morgan fingerprint density at radius 3 is 2.70 bits per heavy atom. The summed E-state index contributed by atoms with van der Waals surface area (Å²) in [6, 6.07) is 0. The second-order valence-corrected chi connectivity index (χ2v) is 3.31. The molecule has 0 spiro atoms. The van der Waals surface area contributed by atoms with Gasteiger partial charge in [-0.15, -0.1) is 0 Å². The molecule has 0 aromatic rings. The van der Waals surface area contributed by atoms with Gasteiger partial charge in [-0.3, -0.25) is 0 Å². The fourth-order valence-electron chi connectivity index (χ4n) is 1.50. The number of hydrogen-bond donors (Lipinski definition) is 1. The van der Waals surface area contributed by atoms with Gasteiger partial charge in [-0.2, -0.15) is 0 Å². The van der Waals surface area contributed by atoms with E-state index in [9.17, 15) is 5.11 Å². The van der Waals surface area contributed by atoms with Crippen molar-refractivity contribution in [2.75, 3.05) is 0 Å². The molecule has 1 rings (SSSR count). The third kappa shape index (κ3) is 1.60. The van der Waals surface area contributed by atoms with Crippen LogP contribution in [0.3, 0.4) is 0 Å². The van der Waals surface area contributed by atoms with Gasteiger partial charge in [0.25, 0.3) is 0 Å². The minimum atomic E-state index is -0.145. The van der Waals surface area contributed by atoms with E-state index in [0.29, 0.717) is 5.92 Å². The maximum Gasteiger partial charge on any atom is 0.0752 e. The molecular formula is C9H16O. The summed E-state index contributed by atoms with van der Waals surface area (Å²) < 4.78 is 0. The highest BCUT2D eigenvalue weighted by atomic mass is 16.3. The molecule has 0 aromatic heterocycles. The van der Waals surface area contributed by atoms with Crippen LogP contribution in [0.1, 0.15) is 33.1 Å². The molecule has 0 heterocycles. The van der Waals surface area contributed by atoms with Crippen LogP contribution in [0.25, 0.3) is 0 Å². The van der Waals surface area contributed by atoms with E-state index in [1.165, 1.54) is 5.57 Å². The lowest BCUT2D eigenvalue weighted by Gasteiger charge is -2.22. The molecule has 1 unspecified atom stereocenters. The zero-order chi connectivity index (χ0) is 7.56. The fourth-order valence-corrected chi connectivity index (χ4v) is 1.50. The Labute approximate surface area is 62.8 Å². The zero-order valence-corrected chi connectivity index (χ0v) is 6.80. The SMILES string of the molecule is CC(C)C1=CCCCC1O. The molecule has 58 valence electrons. The first-order valence-corrected chi connectivity index (χ1v) is 4.10. The number of rotatable bonds is 1. The van der Waals surface area contributed by atoms with E-state index >= 15 is 0 Å². The van der Waals surface area contributed by atoms with E-state index in [-0.39, 0.29) is 6.10 Å². The maximum atomic E-state index is 9.47. The van der Waals surface area contributed by atoms with Crippen molar-refractivity contribution >= 4 is 0 Å². The summed E-state index contributed by atoms with van der Waals surface area (Å²) in [6.07, 6.45) is 5.32. The molecule has 0 aromatic carbocycles. The van der Waals surface area contributed by atoms with E-state index in [4.69, 9.17) is 0 Å². The van der Waals surface area contributed by atoms with Gasteiger partial charge in [0.15, 0.2) is 0 Å². The van der Waals surface area contributed by atoms with Gasteiger partial charge in [-0.05, 0) is 30.8 Å². The summed E-state index contributed by atoms with van der Waals surface area (Å²) in [5.74, 6) is 0.523.